The Bertz CT molecular complexity index is 1000. The van der Waals surface area contributed by atoms with Crippen molar-refractivity contribution in [1.82, 2.24) is 15.0 Å². The molecule has 8 nitrogen and oxygen atoms in total. The first-order valence-corrected chi connectivity index (χ1v) is 7.59. The second-order valence-corrected chi connectivity index (χ2v) is 5.53. The summed E-state index contributed by atoms with van der Waals surface area (Å²) in [5.74, 6) is -0.733. The summed E-state index contributed by atoms with van der Waals surface area (Å²) in [7, 11) is 0. The number of benzene rings is 1. The predicted molar refractivity (Wildman–Crippen MR) is 92.6 cm³/mol. The molecule has 0 bridgehead atoms. The van der Waals surface area contributed by atoms with Gasteiger partial charge in [-0.25, -0.2) is 4.79 Å². The van der Waals surface area contributed by atoms with E-state index in [9.17, 15) is 9.59 Å². The summed E-state index contributed by atoms with van der Waals surface area (Å²) < 4.78 is 0. The third-order valence-corrected chi connectivity index (χ3v) is 4.01. The van der Waals surface area contributed by atoms with Crippen molar-refractivity contribution in [3.05, 3.63) is 76.7 Å². The van der Waals surface area contributed by atoms with E-state index < -0.39 is 11.6 Å². The van der Waals surface area contributed by atoms with Gasteiger partial charge < -0.3 is 16.0 Å². The van der Waals surface area contributed by atoms with Gasteiger partial charge in [0.05, 0.1) is 23.3 Å². The molecule has 4 rings (SSSR count). The molecule has 1 aliphatic rings. The molecule has 8 heteroatoms. The van der Waals surface area contributed by atoms with Crippen molar-refractivity contribution in [3.8, 4) is 0 Å². The van der Waals surface area contributed by atoms with E-state index in [1.807, 2.05) is 41.3 Å². The van der Waals surface area contributed by atoms with Gasteiger partial charge in [-0.15, -0.1) is 0 Å². The van der Waals surface area contributed by atoms with Crippen LogP contribution < -0.4 is 21.6 Å². The molecule has 25 heavy (non-hydrogen) atoms. The molecule has 3 aromatic rings. The largest absolute Gasteiger partial charge is 0.364 e. The number of primary amides is 1. The van der Waals surface area contributed by atoms with Gasteiger partial charge in [0, 0.05) is 18.0 Å². The Balaban J connectivity index is 1.93. The lowest BCUT2D eigenvalue weighted by Gasteiger charge is -2.27. The highest BCUT2D eigenvalue weighted by atomic mass is 16.2. The number of aromatic nitrogens is 3. The zero-order chi connectivity index (χ0) is 17.4. The second-order valence-electron chi connectivity index (χ2n) is 5.53. The van der Waals surface area contributed by atoms with E-state index in [2.05, 4.69) is 20.3 Å². The standard InChI is InChI=1S/C17H14N6O2/c18-15(24)14-13(9-20-17(25)22-14)23-12-6-2-1-5-11(12)21-16(23)10-4-3-7-19-8-10/h1-9,16,21H,(H2,18,24)(H,20,22,25). The van der Waals surface area contributed by atoms with Gasteiger partial charge in [0.2, 0.25) is 0 Å². The average Bonchev–Trinajstić information content (AvgIpc) is 3.02. The lowest BCUT2D eigenvalue weighted by atomic mass is 10.2. The van der Waals surface area contributed by atoms with Crippen LogP contribution in [0.25, 0.3) is 0 Å². The zero-order valence-electron chi connectivity index (χ0n) is 13.0. The van der Waals surface area contributed by atoms with E-state index in [-0.39, 0.29) is 11.9 Å². The number of para-hydroxylation sites is 2. The van der Waals surface area contributed by atoms with Gasteiger partial charge in [0.25, 0.3) is 5.91 Å². The summed E-state index contributed by atoms with van der Waals surface area (Å²) in [6.07, 6.45) is 4.45. The first-order chi connectivity index (χ1) is 12.1. The van der Waals surface area contributed by atoms with Crippen LogP contribution in [0.3, 0.4) is 0 Å². The van der Waals surface area contributed by atoms with Crippen molar-refractivity contribution in [3.63, 3.8) is 0 Å². The molecule has 3 heterocycles. The molecule has 0 aliphatic carbocycles. The Morgan fingerprint density at radius 2 is 1.96 bits per heavy atom. The predicted octanol–water partition coefficient (Wildman–Crippen LogP) is 1.53. The van der Waals surface area contributed by atoms with Crippen molar-refractivity contribution in [2.75, 3.05) is 10.2 Å². The van der Waals surface area contributed by atoms with Crippen LogP contribution in [0.15, 0.2) is 59.8 Å². The first-order valence-electron chi connectivity index (χ1n) is 7.59. The average molecular weight is 334 g/mol. The van der Waals surface area contributed by atoms with Crippen LogP contribution in [0.5, 0.6) is 0 Å². The third kappa shape index (κ3) is 2.49. The third-order valence-electron chi connectivity index (χ3n) is 4.01. The highest BCUT2D eigenvalue weighted by Gasteiger charge is 2.33. The summed E-state index contributed by atoms with van der Waals surface area (Å²) in [6.45, 7) is 0. The zero-order valence-corrected chi connectivity index (χ0v) is 13.0. The number of nitrogens with one attached hydrogen (secondary N) is 2. The molecule has 1 aromatic carbocycles. The van der Waals surface area contributed by atoms with Crippen molar-refractivity contribution >= 4 is 23.0 Å². The van der Waals surface area contributed by atoms with Gasteiger partial charge in [0.15, 0.2) is 0 Å². The van der Waals surface area contributed by atoms with Gasteiger partial charge >= 0.3 is 5.69 Å². The van der Waals surface area contributed by atoms with Crippen molar-refractivity contribution in [2.45, 2.75) is 6.17 Å². The number of nitrogens with zero attached hydrogens (tertiary/aromatic N) is 3. The molecule has 124 valence electrons. The van der Waals surface area contributed by atoms with Crippen LogP contribution in [-0.2, 0) is 0 Å². The van der Waals surface area contributed by atoms with E-state index in [4.69, 9.17) is 5.73 Å². The number of carbonyl (C=O) groups excluding carboxylic acids is 1. The fourth-order valence-corrected chi connectivity index (χ4v) is 2.95. The number of fused-ring (bicyclic) bond motifs is 1. The molecule has 1 amide bonds. The lowest BCUT2D eigenvalue weighted by molar-refractivity contribution is 0.0995. The monoisotopic (exact) mass is 334 g/mol. The van der Waals surface area contributed by atoms with Crippen LogP contribution in [0.4, 0.5) is 17.1 Å². The Hall–Kier alpha value is -3.68. The molecule has 4 N–H and O–H groups in total. The molecule has 1 aliphatic heterocycles. The number of pyridine rings is 1. The number of anilines is 3. The minimum Gasteiger partial charge on any atom is -0.364 e. The maximum Gasteiger partial charge on any atom is 0.345 e. The van der Waals surface area contributed by atoms with Gasteiger partial charge in [-0.2, -0.15) is 4.98 Å². The number of hydrogen-bond acceptors (Lipinski definition) is 6. The minimum atomic E-state index is -0.733. The van der Waals surface area contributed by atoms with Crippen LogP contribution >= 0.6 is 0 Å². The Morgan fingerprint density at radius 3 is 2.72 bits per heavy atom. The molecule has 0 saturated heterocycles. The Morgan fingerprint density at radius 1 is 1.12 bits per heavy atom. The van der Waals surface area contributed by atoms with Gasteiger partial charge in [0.1, 0.15) is 11.9 Å². The van der Waals surface area contributed by atoms with E-state index in [1.54, 1.807) is 12.4 Å². The molecule has 1 atom stereocenters. The lowest BCUT2D eigenvalue weighted by Crippen LogP contribution is -2.29. The normalized spacial score (nSPS) is 15.5. The summed E-state index contributed by atoms with van der Waals surface area (Å²) in [6, 6.07) is 11.4. The van der Waals surface area contributed by atoms with Crippen molar-refractivity contribution in [2.24, 2.45) is 5.73 Å². The molecule has 0 spiro atoms. The van der Waals surface area contributed by atoms with E-state index in [0.717, 1.165) is 16.9 Å². The van der Waals surface area contributed by atoms with Crippen molar-refractivity contribution in [1.29, 1.82) is 0 Å². The molecule has 0 fully saturated rings. The first kappa shape index (κ1) is 14.9. The molecule has 0 saturated carbocycles. The SMILES string of the molecule is NC(=O)c1[nH]c(=O)ncc1N1c2ccccc2NC1c1cccnc1. The topological polar surface area (TPSA) is 117 Å². The molecule has 1 unspecified atom stereocenters. The van der Waals surface area contributed by atoms with Gasteiger partial charge in [-0.05, 0) is 18.2 Å². The van der Waals surface area contributed by atoms with Crippen LogP contribution in [0.1, 0.15) is 22.2 Å². The summed E-state index contributed by atoms with van der Waals surface area (Å²) in [4.78, 5) is 35.6. The van der Waals surface area contributed by atoms with E-state index in [0.29, 0.717) is 5.69 Å². The maximum atomic E-state index is 11.9. The molecule has 2 aromatic heterocycles. The number of nitrogens with two attached hydrogens (primary N) is 1. The summed E-state index contributed by atoms with van der Waals surface area (Å²) in [5.41, 5.74) is 7.87. The molecular weight excluding hydrogens is 320 g/mol. The quantitative estimate of drug-likeness (QED) is 0.668. The minimum absolute atomic E-state index is 0.00685. The number of hydrogen-bond donors (Lipinski definition) is 3. The fraction of sp³-hybridized carbons (Fsp3) is 0.0588. The van der Waals surface area contributed by atoms with Crippen LogP contribution in [0, 0.1) is 0 Å². The smallest absolute Gasteiger partial charge is 0.345 e. The number of H-pyrrole nitrogens is 1. The maximum absolute atomic E-state index is 11.9. The Labute approximate surface area is 142 Å². The molecular formula is C17H14N6O2. The number of amides is 1. The van der Waals surface area contributed by atoms with E-state index >= 15 is 0 Å². The van der Waals surface area contributed by atoms with Crippen molar-refractivity contribution < 1.29 is 4.79 Å². The number of aromatic amines is 1. The van der Waals surface area contributed by atoms with Gasteiger partial charge in [-0.3, -0.25) is 14.8 Å². The number of carbonyl (C=O) groups is 1. The fourth-order valence-electron chi connectivity index (χ4n) is 2.95. The van der Waals surface area contributed by atoms with E-state index in [1.165, 1.54) is 6.20 Å². The highest BCUT2D eigenvalue weighted by Crippen LogP contribution is 2.45. The second kappa shape index (κ2) is 5.75. The van der Waals surface area contributed by atoms with Crippen LogP contribution in [0.2, 0.25) is 0 Å². The molecule has 0 radical (unpaired) electrons. The highest BCUT2D eigenvalue weighted by molar-refractivity contribution is 5.98. The summed E-state index contributed by atoms with van der Waals surface area (Å²) in [5, 5.41) is 3.39. The number of rotatable bonds is 3. The Kier molecular flexibility index (Phi) is 3.42. The summed E-state index contributed by atoms with van der Waals surface area (Å²) >= 11 is 0. The van der Waals surface area contributed by atoms with Crippen LogP contribution in [-0.4, -0.2) is 20.9 Å². The van der Waals surface area contributed by atoms with Gasteiger partial charge in [-0.1, -0.05) is 18.2 Å².